The molecule has 4 aromatic rings. The fraction of sp³-hybridized carbons (Fsp3) is 0.0833. The Morgan fingerprint density at radius 2 is 1.81 bits per heavy atom. The number of para-hydroxylation sites is 3. The van der Waals surface area contributed by atoms with Gasteiger partial charge in [-0.1, -0.05) is 42.5 Å². The largest absolute Gasteiger partial charge is 0.344 e. The van der Waals surface area contributed by atoms with Gasteiger partial charge < -0.3 is 10.6 Å². The van der Waals surface area contributed by atoms with Crippen molar-refractivity contribution in [3.63, 3.8) is 0 Å². The Kier molecular flexibility index (Phi) is 4.67. The number of carbonyl (C=O) groups is 1. The maximum atomic E-state index is 13.5. The van der Waals surface area contributed by atoms with Gasteiger partial charge in [-0.3, -0.25) is 19.5 Å². The molecule has 2 heterocycles. The van der Waals surface area contributed by atoms with E-state index < -0.39 is 11.0 Å². The zero-order valence-electron chi connectivity index (χ0n) is 17.1. The molecule has 0 fully saturated rings. The van der Waals surface area contributed by atoms with E-state index in [0.29, 0.717) is 28.5 Å². The molecule has 0 radical (unpaired) electrons. The number of nitro benzene ring substituents is 1. The monoisotopic (exact) mass is 425 g/mol. The predicted molar refractivity (Wildman–Crippen MR) is 123 cm³/mol. The highest BCUT2D eigenvalue weighted by Crippen LogP contribution is 2.39. The number of allylic oxidation sites excluding steroid dienone is 1. The third kappa shape index (κ3) is 3.27. The van der Waals surface area contributed by atoms with Gasteiger partial charge in [-0.15, -0.1) is 0 Å². The van der Waals surface area contributed by atoms with Crippen molar-refractivity contribution in [1.29, 1.82) is 0 Å². The SMILES string of the molecule is CC1=C(C(=O)Nc2ccccc2)[C@H](c2cccc([N+](=O)[O-])c2)Nc2nc3ccccc3n21. The number of hydrogen-bond acceptors (Lipinski definition) is 5. The number of amides is 1. The van der Waals surface area contributed by atoms with Crippen molar-refractivity contribution in [3.05, 3.63) is 100 Å². The predicted octanol–water partition coefficient (Wildman–Crippen LogP) is 4.98. The molecule has 3 aromatic carbocycles. The van der Waals surface area contributed by atoms with Crippen LogP contribution < -0.4 is 10.6 Å². The van der Waals surface area contributed by atoms with Crippen molar-refractivity contribution in [3.8, 4) is 0 Å². The molecule has 8 heteroatoms. The Labute approximate surface area is 183 Å². The lowest BCUT2D eigenvalue weighted by atomic mass is 9.94. The summed E-state index contributed by atoms with van der Waals surface area (Å²) in [4.78, 5) is 29.0. The van der Waals surface area contributed by atoms with E-state index in [0.717, 1.165) is 11.0 Å². The molecule has 0 bridgehead atoms. The van der Waals surface area contributed by atoms with Crippen molar-refractivity contribution in [2.24, 2.45) is 0 Å². The first-order chi connectivity index (χ1) is 15.5. The minimum atomic E-state index is -0.608. The molecule has 1 atom stereocenters. The standard InChI is InChI=1S/C24H19N5O3/c1-15-21(23(30)25-17-9-3-2-4-10-17)22(16-8-7-11-18(14-16)29(31)32)27-24-26-19-12-5-6-13-20(19)28(15)24/h2-14,22H,1H3,(H,25,30)(H,26,27)/t22-/m0/s1. The third-order valence-corrected chi connectivity index (χ3v) is 5.54. The Morgan fingerprint density at radius 3 is 2.59 bits per heavy atom. The number of imidazole rings is 1. The zero-order valence-corrected chi connectivity index (χ0v) is 17.1. The van der Waals surface area contributed by atoms with Crippen LogP contribution in [0.25, 0.3) is 16.7 Å². The van der Waals surface area contributed by atoms with E-state index in [-0.39, 0.29) is 11.6 Å². The first-order valence-corrected chi connectivity index (χ1v) is 10.1. The maximum absolute atomic E-state index is 13.5. The van der Waals surface area contributed by atoms with Crippen LogP contribution in [0.5, 0.6) is 0 Å². The average Bonchev–Trinajstić information content (AvgIpc) is 3.18. The number of benzene rings is 3. The quantitative estimate of drug-likeness (QED) is 0.355. The van der Waals surface area contributed by atoms with Gasteiger partial charge in [0.2, 0.25) is 5.95 Å². The first-order valence-electron chi connectivity index (χ1n) is 10.1. The summed E-state index contributed by atoms with van der Waals surface area (Å²) in [5, 5.41) is 17.6. The maximum Gasteiger partial charge on any atom is 0.269 e. The molecular weight excluding hydrogens is 406 g/mol. The Bertz CT molecular complexity index is 1390. The number of non-ortho nitro benzene ring substituents is 1. The second-order valence-corrected chi connectivity index (χ2v) is 7.51. The molecule has 158 valence electrons. The lowest BCUT2D eigenvalue weighted by Crippen LogP contribution is -2.30. The van der Waals surface area contributed by atoms with E-state index in [9.17, 15) is 14.9 Å². The summed E-state index contributed by atoms with van der Waals surface area (Å²) in [7, 11) is 0. The van der Waals surface area contributed by atoms with Gasteiger partial charge in [0.25, 0.3) is 11.6 Å². The molecule has 0 aliphatic carbocycles. The van der Waals surface area contributed by atoms with E-state index in [1.165, 1.54) is 12.1 Å². The number of nitro groups is 1. The summed E-state index contributed by atoms with van der Waals surface area (Å²) < 4.78 is 1.91. The molecule has 1 amide bonds. The molecule has 8 nitrogen and oxygen atoms in total. The number of fused-ring (bicyclic) bond motifs is 3. The summed E-state index contributed by atoms with van der Waals surface area (Å²) in [6, 6.07) is 22.5. The van der Waals surface area contributed by atoms with E-state index in [1.807, 2.05) is 66.1 Å². The topological polar surface area (TPSA) is 102 Å². The molecular formula is C24H19N5O3. The molecule has 1 aliphatic rings. The van der Waals surface area contributed by atoms with Crippen LogP contribution in [-0.2, 0) is 4.79 Å². The van der Waals surface area contributed by atoms with E-state index >= 15 is 0 Å². The van der Waals surface area contributed by atoms with Crippen LogP contribution in [0.15, 0.2) is 84.4 Å². The number of nitrogens with zero attached hydrogens (tertiary/aromatic N) is 3. The second kappa shape index (κ2) is 7.66. The van der Waals surface area contributed by atoms with Crippen molar-refractivity contribution in [2.45, 2.75) is 13.0 Å². The molecule has 0 saturated heterocycles. The minimum absolute atomic E-state index is 0.0381. The van der Waals surface area contributed by atoms with Gasteiger partial charge in [0.1, 0.15) is 0 Å². The van der Waals surface area contributed by atoms with Crippen LogP contribution in [0.3, 0.4) is 0 Å². The minimum Gasteiger partial charge on any atom is -0.344 e. The van der Waals surface area contributed by atoms with Crippen LogP contribution in [0.4, 0.5) is 17.3 Å². The van der Waals surface area contributed by atoms with Crippen LogP contribution in [0.2, 0.25) is 0 Å². The molecule has 32 heavy (non-hydrogen) atoms. The first kappa shape index (κ1) is 19.5. The van der Waals surface area contributed by atoms with Gasteiger partial charge in [0, 0.05) is 23.5 Å². The summed E-state index contributed by atoms with van der Waals surface area (Å²) in [6.07, 6.45) is 0. The lowest BCUT2D eigenvalue weighted by molar-refractivity contribution is -0.384. The highest BCUT2D eigenvalue weighted by Gasteiger charge is 2.33. The zero-order chi connectivity index (χ0) is 22.2. The fourth-order valence-electron chi connectivity index (χ4n) is 4.08. The normalized spacial score (nSPS) is 15.2. The fourth-order valence-corrected chi connectivity index (χ4v) is 4.08. The van der Waals surface area contributed by atoms with Crippen LogP contribution in [0, 0.1) is 10.1 Å². The number of carbonyl (C=O) groups excluding carboxylic acids is 1. The van der Waals surface area contributed by atoms with Crippen LogP contribution >= 0.6 is 0 Å². The summed E-state index contributed by atoms with van der Waals surface area (Å²) in [5.74, 6) is 0.289. The highest BCUT2D eigenvalue weighted by atomic mass is 16.6. The molecule has 5 rings (SSSR count). The Hall–Kier alpha value is -4.46. The Balaban J connectivity index is 1.67. The highest BCUT2D eigenvalue weighted by molar-refractivity contribution is 6.10. The third-order valence-electron chi connectivity index (χ3n) is 5.54. The number of aromatic nitrogens is 2. The van der Waals surface area contributed by atoms with Gasteiger partial charge in [-0.05, 0) is 36.8 Å². The van der Waals surface area contributed by atoms with Gasteiger partial charge in [-0.2, -0.15) is 0 Å². The Morgan fingerprint density at radius 1 is 1.06 bits per heavy atom. The number of rotatable bonds is 4. The molecule has 1 aromatic heterocycles. The lowest BCUT2D eigenvalue weighted by Gasteiger charge is -2.30. The summed E-state index contributed by atoms with van der Waals surface area (Å²) >= 11 is 0. The van der Waals surface area contributed by atoms with Crippen molar-refractivity contribution in [1.82, 2.24) is 9.55 Å². The molecule has 0 spiro atoms. The van der Waals surface area contributed by atoms with Crippen molar-refractivity contribution < 1.29 is 9.72 Å². The molecule has 0 saturated carbocycles. The van der Waals surface area contributed by atoms with E-state index in [2.05, 4.69) is 15.6 Å². The van der Waals surface area contributed by atoms with Gasteiger partial charge in [0.15, 0.2) is 0 Å². The van der Waals surface area contributed by atoms with E-state index in [4.69, 9.17) is 0 Å². The van der Waals surface area contributed by atoms with Crippen molar-refractivity contribution >= 4 is 40.0 Å². The van der Waals surface area contributed by atoms with Crippen molar-refractivity contribution in [2.75, 3.05) is 10.6 Å². The number of hydrogen-bond donors (Lipinski definition) is 2. The average molecular weight is 425 g/mol. The van der Waals surface area contributed by atoms with Crippen LogP contribution in [-0.4, -0.2) is 20.4 Å². The second-order valence-electron chi connectivity index (χ2n) is 7.51. The number of nitrogens with one attached hydrogen (secondary N) is 2. The molecule has 1 aliphatic heterocycles. The summed E-state index contributed by atoms with van der Waals surface area (Å²) in [6.45, 7) is 1.86. The van der Waals surface area contributed by atoms with Crippen LogP contribution in [0.1, 0.15) is 18.5 Å². The van der Waals surface area contributed by atoms with Gasteiger partial charge in [0.05, 0.1) is 27.6 Å². The van der Waals surface area contributed by atoms with E-state index in [1.54, 1.807) is 12.1 Å². The smallest absolute Gasteiger partial charge is 0.269 e. The van der Waals surface area contributed by atoms with Gasteiger partial charge >= 0.3 is 0 Å². The summed E-state index contributed by atoms with van der Waals surface area (Å²) in [5.41, 5.74) is 4.06. The molecule has 2 N–H and O–H groups in total. The molecule has 0 unspecified atom stereocenters. The number of anilines is 2. The van der Waals surface area contributed by atoms with Gasteiger partial charge in [-0.25, -0.2) is 4.98 Å².